The van der Waals surface area contributed by atoms with Crippen LogP contribution in [-0.4, -0.2) is 52.4 Å². The Morgan fingerprint density at radius 3 is 2.08 bits per heavy atom. The van der Waals surface area contributed by atoms with Crippen molar-refractivity contribution >= 4 is 34.7 Å². The Hall–Kier alpha value is -3.33. The third-order valence-electron chi connectivity index (χ3n) is 5.52. The lowest BCUT2D eigenvalue weighted by molar-refractivity contribution is -0.145. The normalized spacial score (nSPS) is 13.2. The number of methoxy groups -OCH3 is 1. The maximum absolute atomic E-state index is 13.2. The van der Waals surface area contributed by atoms with Gasteiger partial charge in [-0.25, -0.2) is 4.79 Å². The Labute approximate surface area is 216 Å². The number of ether oxygens (including phenoxy) is 1. The quantitative estimate of drug-likeness (QED) is 0.351. The van der Waals surface area contributed by atoms with Crippen LogP contribution in [-0.2, 0) is 36.8 Å². The fraction of sp³-hybridized carbons (Fsp3) is 0.407. The molecule has 0 aromatic heterocycles. The Morgan fingerprint density at radius 2 is 1.50 bits per heavy atom. The Bertz CT molecular complexity index is 1010. The Balaban J connectivity index is 2.16. The molecule has 8 nitrogen and oxygen atoms in total. The third kappa shape index (κ3) is 9.73. The number of thioether (sulfide) groups is 1. The number of carbonyl (C=O) groups is 4. The van der Waals surface area contributed by atoms with Gasteiger partial charge in [-0.05, 0) is 36.1 Å². The zero-order chi connectivity index (χ0) is 26.5. The average Bonchev–Trinajstić information content (AvgIpc) is 2.86. The summed E-state index contributed by atoms with van der Waals surface area (Å²) in [7, 11) is 1.24. The van der Waals surface area contributed by atoms with Crippen LogP contribution in [0.25, 0.3) is 0 Å². The maximum Gasteiger partial charge on any atom is 0.328 e. The molecule has 194 valence electrons. The summed E-state index contributed by atoms with van der Waals surface area (Å²) in [6.07, 6.45) is 2.37. The van der Waals surface area contributed by atoms with E-state index >= 15 is 0 Å². The summed E-state index contributed by atoms with van der Waals surface area (Å²) in [5, 5.41) is 14.1. The number of benzene rings is 2. The molecule has 36 heavy (non-hydrogen) atoms. The summed E-state index contributed by atoms with van der Waals surface area (Å²) in [6, 6.07) is 13.8. The van der Waals surface area contributed by atoms with Crippen molar-refractivity contribution in [2.24, 2.45) is 0 Å². The monoisotopic (exact) mass is 514 g/mol. The van der Waals surface area contributed by atoms with E-state index in [1.165, 1.54) is 26.2 Å². The minimum absolute atomic E-state index is 0.0910. The van der Waals surface area contributed by atoms with Crippen LogP contribution in [0.1, 0.15) is 44.2 Å². The second-order valence-corrected chi connectivity index (χ2v) is 9.83. The molecule has 2 aromatic rings. The van der Waals surface area contributed by atoms with Gasteiger partial charge in [0.1, 0.15) is 17.8 Å². The first kappa shape index (κ1) is 28.9. The molecule has 0 radical (unpaired) electrons. The molecule has 0 bridgehead atoms. The van der Waals surface area contributed by atoms with E-state index in [1.54, 1.807) is 12.1 Å². The number of rotatable bonds is 13. The standard InChI is InChI=1S/C27H34N2O6S/c1-4-5-11-22(28-26(33)24(36-18(2)30)17-19-9-7-6-8-10-19)25(32)29-23(27(34)35-3)16-20-12-14-21(31)15-13-20/h6-10,12-15,22-24,31H,4-5,11,16-17H2,1-3H3,(H,28,33)(H,29,32)/t22-,23-,24?/m0/s1. The van der Waals surface area contributed by atoms with Crippen molar-refractivity contribution in [1.82, 2.24) is 10.6 Å². The number of amides is 2. The fourth-order valence-electron chi connectivity index (χ4n) is 3.63. The predicted octanol–water partition coefficient (Wildman–Crippen LogP) is 3.16. The zero-order valence-corrected chi connectivity index (χ0v) is 21.7. The lowest BCUT2D eigenvalue weighted by Crippen LogP contribution is -2.53. The molecule has 0 saturated carbocycles. The van der Waals surface area contributed by atoms with Gasteiger partial charge in [0.05, 0.1) is 12.4 Å². The molecular formula is C27H34N2O6S. The highest BCUT2D eigenvalue weighted by molar-refractivity contribution is 8.14. The van der Waals surface area contributed by atoms with E-state index in [0.29, 0.717) is 19.3 Å². The molecule has 2 amide bonds. The molecule has 0 heterocycles. The van der Waals surface area contributed by atoms with Gasteiger partial charge in [-0.3, -0.25) is 14.4 Å². The van der Waals surface area contributed by atoms with E-state index < -0.39 is 35.1 Å². The van der Waals surface area contributed by atoms with Crippen LogP contribution >= 0.6 is 11.8 Å². The fourth-order valence-corrected chi connectivity index (χ4v) is 4.49. The van der Waals surface area contributed by atoms with Crippen LogP contribution in [0.5, 0.6) is 5.75 Å². The summed E-state index contributed by atoms with van der Waals surface area (Å²) in [4.78, 5) is 50.6. The number of hydrogen-bond acceptors (Lipinski definition) is 7. The van der Waals surface area contributed by atoms with Crippen molar-refractivity contribution < 1.29 is 29.0 Å². The molecule has 1 unspecified atom stereocenters. The van der Waals surface area contributed by atoms with E-state index in [1.807, 2.05) is 37.3 Å². The molecule has 0 aliphatic rings. The second kappa shape index (κ2) is 14.9. The number of aromatic hydroxyl groups is 1. The lowest BCUT2D eigenvalue weighted by atomic mass is 10.0. The number of phenols is 1. The number of carbonyl (C=O) groups excluding carboxylic acids is 4. The van der Waals surface area contributed by atoms with E-state index in [0.717, 1.165) is 29.3 Å². The predicted molar refractivity (Wildman–Crippen MR) is 139 cm³/mol. The highest BCUT2D eigenvalue weighted by Crippen LogP contribution is 2.19. The molecule has 0 fully saturated rings. The average molecular weight is 515 g/mol. The van der Waals surface area contributed by atoms with E-state index in [4.69, 9.17) is 4.74 Å². The molecule has 2 aromatic carbocycles. The minimum atomic E-state index is -0.972. The summed E-state index contributed by atoms with van der Waals surface area (Å²) < 4.78 is 4.87. The molecule has 3 atom stereocenters. The van der Waals surface area contributed by atoms with Crippen LogP contribution in [0.4, 0.5) is 0 Å². The van der Waals surface area contributed by atoms with Gasteiger partial charge in [-0.2, -0.15) is 0 Å². The van der Waals surface area contributed by atoms with Crippen LogP contribution in [0.15, 0.2) is 54.6 Å². The first-order valence-electron chi connectivity index (χ1n) is 11.9. The molecule has 0 aliphatic carbocycles. The van der Waals surface area contributed by atoms with Crippen LogP contribution in [0.2, 0.25) is 0 Å². The topological polar surface area (TPSA) is 122 Å². The lowest BCUT2D eigenvalue weighted by Gasteiger charge is -2.24. The number of esters is 1. The highest BCUT2D eigenvalue weighted by atomic mass is 32.2. The van der Waals surface area contributed by atoms with Crippen molar-refractivity contribution in [2.75, 3.05) is 7.11 Å². The van der Waals surface area contributed by atoms with Crippen molar-refractivity contribution in [2.45, 2.75) is 63.3 Å². The molecule has 0 spiro atoms. The number of unbranched alkanes of at least 4 members (excludes halogenated alkanes) is 1. The maximum atomic E-state index is 13.2. The van der Waals surface area contributed by atoms with Gasteiger partial charge in [0.2, 0.25) is 11.8 Å². The van der Waals surface area contributed by atoms with Gasteiger partial charge in [0.25, 0.3) is 0 Å². The Morgan fingerprint density at radius 1 is 0.889 bits per heavy atom. The molecule has 3 N–H and O–H groups in total. The number of hydrogen-bond donors (Lipinski definition) is 3. The van der Waals surface area contributed by atoms with Gasteiger partial charge in [0.15, 0.2) is 5.12 Å². The van der Waals surface area contributed by atoms with Crippen LogP contribution in [0, 0.1) is 0 Å². The van der Waals surface area contributed by atoms with Gasteiger partial charge in [0, 0.05) is 13.3 Å². The molecule has 0 aliphatic heterocycles. The van der Waals surface area contributed by atoms with Gasteiger partial charge >= 0.3 is 5.97 Å². The highest BCUT2D eigenvalue weighted by Gasteiger charge is 2.30. The molecule has 0 saturated heterocycles. The third-order valence-corrected chi connectivity index (χ3v) is 6.52. The summed E-state index contributed by atoms with van der Waals surface area (Å²) in [6.45, 7) is 3.38. The summed E-state index contributed by atoms with van der Waals surface area (Å²) in [5.41, 5.74) is 1.62. The smallest absolute Gasteiger partial charge is 0.328 e. The van der Waals surface area contributed by atoms with Crippen molar-refractivity contribution in [3.05, 3.63) is 65.7 Å². The van der Waals surface area contributed by atoms with E-state index in [9.17, 15) is 24.3 Å². The van der Waals surface area contributed by atoms with E-state index in [2.05, 4.69) is 10.6 Å². The zero-order valence-electron chi connectivity index (χ0n) is 20.9. The van der Waals surface area contributed by atoms with Gasteiger partial charge < -0.3 is 20.5 Å². The first-order chi connectivity index (χ1) is 17.2. The van der Waals surface area contributed by atoms with Crippen LogP contribution < -0.4 is 10.6 Å². The SMILES string of the molecule is CCCC[C@H](NC(=O)C(Cc1ccccc1)SC(C)=O)C(=O)N[C@@H](Cc1ccc(O)cc1)C(=O)OC. The largest absolute Gasteiger partial charge is 0.508 e. The van der Waals surface area contributed by atoms with Crippen molar-refractivity contribution in [1.29, 1.82) is 0 Å². The molecular weight excluding hydrogens is 480 g/mol. The second-order valence-electron chi connectivity index (χ2n) is 8.45. The molecule has 9 heteroatoms. The number of nitrogens with one attached hydrogen (secondary N) is 2. The first-order valence-corrected chi connectivity index (χ1v) is 12.8. The van der Waals surface area contributed by atoms with Crippen molar-refractivity contribution in [3.63, 3.8) is 0 Å². The van der Waals surface area contributed by atoms with E-state index in [-0.39, 0.29) is 17.3 Å². The van der Waals surface area contributed by atoms with Gasteiger partial charge in [-0.15, -0.1) is 0 Å². The summed E-state index contributed by atoms with van der Waals surface area (Å²) >= 11 is 0.928. The number of phenolic OH excluding ortho intramolecular Hbond substituents is 1. The van der Waals surface area contributed by atoms with Gasteiger partial charge in [-0.1, -0.05) is 74.0 Å². The minimum Gasteiger partial charge on any atom is -0.508 e. The Kier molecular flexibility index (Phi) is 12.0. The summed E-state index contributed by atoms with van der Waals surface area (Å²) in [5.74, 6) is -1.44. The molecule has 2 rings (SSSR count). The van der Waals surface area contributed by atoms with Crippen LogP contribution in [0.3, 0.4) is 0 Å². The van der Waals surface area contributed by atoms with Crippen molar-refractivity contribution in [3.8, 4) is 5.75 Å².